The molecule has 0 radical (unpaired) electrons. The van der Waals surface area contributed by atoms with Gasteiger partial charge in [0.05, 0.1) is 6.61 Å². The second-order valence-electron chi connectivity index (χ2n) is 9.03. The van der Waals surface area contributed by atoms with Gasteiger partial charge in [0.25, 0.3) is 0 Å². The Kier molecular flexibility index (Phi) is 21.9. The number of rotatable bonds is 24. The first kappa shape index (κ1) is 33.0. The Morgan fingerprint density at radius 2 is 1.06 bits per heavy atom. The molecule has 0 aliphatic rings. The lowest BCUT2D eigenvalue weighted by molar-refractivity contribution is -0.161. The molecule has 9 heteroatoms. The van der Waals surface area contributed by atoms with Crippen molar-refractivity contribution in [3.05, 3.63) is 0 Å². The van der Waals surface area contributed by atoms with Crippen LogP contribution in [-0.4, -0.2) is 41.0 Å². The number of hydrogen-bond donors (Lipinski definition) is 2. The third-order valence-corrected chi connectivity index (χ3v) is 6.11. The highest BCUT2D eigenvalue weighted by molar-refractivity contribution is 7.46. The minimum Gasteiger partial charge on any atom is -0.462 e. The largest absolute Gasteiger partial charge is 0.469 e. The lowest BCUT2D eigenvalue weighted by Crippen LogP contribution is -2.29. The van der Waals surface area contributed by atoms with Gasteiger partial charge in [-0.3, -0.25) is 14.1 Å². The lowest BCUT2D eigenvalue weighted by Gasteiger charge is -2.18. The number of ether oxygens (including phenoxy) is 2. The molecule has 0 fully saturated rings. The Balaban J connectivity index is 4.02. The average molecular weight is 509 g/mol. The van der Waals surface area contributed by atoms with Crippen molar-refractivity contribution in [1.82, 2.24) is 0 Å². The summed E-state index contributed by atoms with van der Waals surface area (Å²) in [4.78, 5) is 41.8. The highest BCUT2D eigenvalue weighted by Gasteiger charge is 2.22. The fourth-order valence-corrected chi connectivity index (χ4v) is 3.97. The van der Waals surface area contributed by atoms with E-state index in [-0.39, 0.29) is 19.4 Å². The molecule has 1 unspecified atom stereocenters. The van der Waals surface area contributed by atoms with Gasteiger partial charge < -0.3 is 19.3 Å². The van der Waals surface area contributed by atoms with Crippen LogP contribution in [0.15, 0.2) is 0 Å². The molecule has 0 aliphatic carbocycles. The van der Waals surface area contributed by atoms with Crippen molar-refractivity contribution < 1.29 is 37.9 Å². The summed E-state index contributed by atoms with van der Waals surface area (Å²) < 4.78 is 25.8. The molecule has 0 saturated heterocycles. The molecule has 0 aromatic heterocycles. The molecule has 0 bridgehead atoms. The van der Waals surface area contributed by atoms with E-state index in [9.17, 15) is 14.2 Å². The van der Waals surface area contributed by atoms with Gasteiger partial charge in [0, 0.05) is 12.8 Å². The highest BCUT2D eigenvalue weighted by Crippen LogP contribution is 2.35. The molecule has 1 atom stereocenters. The molecule has 8 nitrogen and oxygen atoms in total. The first-order chi connectivity index (χ1) is 16.3. The van der Waals surface area contributed by atoms with E-state index in [2.05, 4.69) is 18.4 Å². The predicted octanol–water partition coefficient (Wildman–Crippen LogP) is 6.61. The van der Waals surface area contributed by atoms with Crippen LogP contribution in [0.3, 0.4) is 0 Å². The molecular formula is C25H49O8P. The van der Waals surface area contributed by atoms with E-state index < -0.39 is 32.5 Å². The third kappa shape index (κ3) is 24.2. The summed E-state index contributed by atoms with van der Waals surface area (Å²) in [6.07, 6.45) is 17.5. The summed E-state index contributed by atoms with van der Waals surface area (Å²) >= 11 is 0. The first-order valence-electron chi connectivity index (χ1n) is 13.3. The molecule has 0 heterocycles. The first-order valence-corrected chi connectivity index (χ1v) is 14.9. The van der Waals surface area contributed by atoms with E-state index in [1.54, 1.807) is 0 Å². The monoisotopic (exact) mass is 508 g/mol. The smallest absolute Gasteiger partial charge is 0.462 e. The van der Waals surface area contributed by atoms with Crippen molar-refractivity contribution in [2.24, 2.45) is 0 Å². The van der Waals surface area contributed by atoms with Crippen LogP contribution in [0.1, 0.15) is 129 Å². The van der Waals surface area contributed by atoms with E-state index >= 15 is 0 Å². The van der Waals surface area contributed by atoms with Crippen molar-refractivity contribution in [3.63, 3.8) is 0 Å². The Hall–Kier alpha value is -0.950. The van der Waals surface area contributed by atoms with Gasteiger partial charge >= 0.3 is 19.8 Å². The molecule has 0 aromatic rings. The summed E-state index contributed by atoms with van der Waals surface area (Å²) in [6, 6.07) is 0. The van der Waals surface area contributed by atoms with Crippen molar-refractivity contribution >= 4 is 19.8 Å². The lowest BCUT2D eigenvalue weighted by atomic mass is 10.0. The van der Waals surface area contributed by atoms with Gasteiger partial charge in [0.2, 0.25) is 0 Å². The standard InChI is InChI=1S/C25H49O8P/c1-3-5-7-9-10-11-12-13-14-15-16-18-20-25(27)33-23(22-32-34(28,29)30)21-31-24(26)19-17-8-6-4-2/h23H,3-22H2,1-2H3,(H2,28,29,30). The van der Waals surface area contributed by atoms with Crippen LogP contribution < -0.4 is 0 Å². The summed E-state index contributed by atoms with van der Waals surface area (Å²) in [5.41, 5.74) is 0. The zero-order chi connectivity index (χ0) is 25.5. The van der Waals surface area contributed by atoms with Crippen LogP contribution in [0.25, 0.3) is 0 Å². The maximum absolute atomic E-state index is 12.1. The van der Waals surface area contributed by atoms with Gasteiger partial charge in [-0.1, -0.05) is 104 Å². The molecule has 0 saturated carbocycles. The Morgan fingerprint density at radius 3 is 1.53 bits per heavy atom. The second kappa shape index (κ2) is 22.5. The second-order valence-corrected chi connectivity index (χ2v) is 10.3. The van der Waals surface area contributed by atoms with Crippen LogP contribution in [0, 0.1) is 0 Å². The van der Waals surface area contributed by atoms with Crippen molar-refractivity contribution in [2.45, 2.75) is 136 Å². The Labute approximate surface area is 206 Å². The number of unbranched alkanes of at least 4 members (excludes halogenated alkanes) is 14. The van der Waals surface area contributed by atoms with Gasteiger partial charge in [0.15, 0.2) is 6.10 Å². The molecule has 0 aliphatic heterocycles. The number of carbonyl (C=O) groups excluding carboxylic acids is 2. The molecule has 2 N–H and O–H groups in total. The number of phosphoric acid groups is 1. The van der Waals surface area contributed by atoms with E-state index in [1.807, 2.05) is 0 Å². The quantitative estimate of drug-likeness (QED) is 0.0849. The van der Waals surface area contributed by atoms with E-state index in [0.29, 0.717) is 6.42 Å². The molecule has 34 heavy (non-hydrogen) atoms. The molecule has 0 amide bonds. The van der Waals surface area contributed by atoms with Crippen molar-refractivity contribution in [2.75, 3.05) is 13.2 Å². The molecule has 0 aromatic carbocycles. The summed E-state index contributed by atoms with van der Waals surface area (Å²) in [7, 11) is -4.72. The summed E-state index contributed by atoms with van der Waals surface area (Å²) in [5.74, 6) is -0.903. The van der Waals surface area contributed by atoms with Gasteiger partial charge in [-0.2, -0.15) is 0 Å². The maximum atomic E-state index is 12.1. The number of phosphoric ester groups is 1. The fourth-order valence-electron chi connectivity index (χ4n) is 3.61. The minimum atomic E-state index is -4.72. The Morgan fingerprint density at radius 1 is 0.647 bits per heavy atom. The van der Waals surface area contributed by atoms with Gasteiger partial charge in [-0.15, -0.1) is 0 Å². The number of esters is 2. The maximum Gasteiger partial charge on any atom is 0.469 e. The zero-order valence-electron chi connectivity index (χ0n) is 21.5. The number of hydrogen-bond acceptors (Lipinski definition) is 6. The van der Waals surface area contributed by atoms with Gasteiger partial charge in [-0.25, -0.2) is 4.57 Å². The molecule has 0 spiro atoms. The van der Waals surface area contributed by atoms with Gasteiger partial charge in [-0.05, 0) is 12.8 Å². The van der Waals surface area contributed by atoms with Crippen molar-refractivity contribution in [3.8, 4) is 0 Å². The van der Waals surface area contributed by atoms with Crippen LogP contribution in [0.4, 0.5) is 0 Å². The topological polar surface area (TPSA) is 119 Å². The highest BCUT2D eigenvalue weighted by atomic mass is 31.2. The fraction of sp³-hybridized carbons (Fsp3) is 0.920. The minimum absolute atomic E-state index is 0.217. The molecular weight excluding hydrogens is 459 g/mol. The van der Waals surface area contributed by atoms with E-state index in [4.69, 9.17) is 19.3 Å². The van der Waals surface area contributed by atoms with E-state index in [0.717, 1.165) is 44.9 Å². The van der Waals surface area contributed by atoms with Crippen LogP contribution in [0.2, 0.25) is 0 Å². The zero-order valence-corrected chi connectivity index (χ0v) is 22.4. The summed E-state index contributed by atoms with van der Waals surface area (Å²) in [6.45, 7) is 3.50. The van der Waals surface area contributed by atoms with Crippen LogP contribution >= 0.6 is 7.82 Å². The third-order valence-electron chi connectivity index (χ3n) is 5.63. The SMILES string of the molecule is CCCCCCCCCCCCCCC(=O)OC(COC(=O)CCCCCC)COP(=O)(O)O. The summed E-state index contributed by atoms with van der Waals surface area (Å²) in [5, 5.41) is 0. The average Bonchev–Trinajstić information content (AvgIpc) is 2.78. The van der Waals surface area contributed by atoms with Gasteiger partial charge in [0.1, 0.15) is 6.61 Å². The molecule has 202 valence electrons. The van der Waals surface area contributed by atoms with E-state index in [1.165, 1.54) is 51.4 Å². The normalized spacial score (nSPS) is 12.5. The Bertz CT molecular complexity index is 549. The molecule has 0 rings (SSSR count). The predicted molar refractivity (Wildman–Crippen MR) is 133 cm³/mol. The number of carbonyl (C=O) groups is 2. The van der Waals surface area contributed by atoms with Crippen LogP contribution in [0.5, 0.6) is 0 Å². The van der Waals surface area contributed by atoms with Crippen molar-refractivity contribution in [1.29, 1.82) is 0 Å². The van der Waals surface area contributed by atoms with Crippen LogP contribution in [-0.2, 0) is 28.2 Å².